The molecule has 152 valence electrons. The second-order valence-corrected chi connectivity index (χ2v) is 7.88. The lowest BCUT2D eigenvalue weighted by Gasteiger charge is -2.46. The van der Waals surface area contributed by atoms with Crippen molar-refractivity contribution in [2.45, 2.75) is 24.8 Å². The molecule has 0 spiro atoms. The van der Waals surface area contributed by atoms with Crippen LogP contribution in [0.3, 0.4) is 0 Å². The number of hydrogen-bond acceptors (Lipinski definition) is 4. The molecule has 0 N–H and O–H groups in total. The fourth-order valence-corrected chi connectivity index (χ4v) is 4.29. The van der Waals surface area contributed by atoms with E-state index in [0.29, 0.717) is 0 Å². The molecule has 0 radical (unpaired) electrons. The number of hydrogen-bond donors (Lipinski definition) is 0. The standard InChI is InChI=1S/C26H26N2O2/c1-25(2)26(19-9-7-11-21(17-19)29-3,20-10-8-12-22(18-20)30-4)15-14-24(28-25)23-13-5-6-16-27-23/h5-18H,1-4H3. The van der Waals surface area contributed by atoms with Gasteiger partial charge in [0.2, 0.25) is 0 Å². The second kappa shape index (κ2) is 7.79. The summed E-state index contributed by atoms with van der Waals surface area (Å²) in [5.41, 5.74) is 2.97. The van der Waals surface area contributed by atoms with Crippen molar-refractivity contribution in [3.63, 3.8) is 0 Å². The lowest BCUT2D eigenvalue weighted by Crippen LogP contribution is -2.48. The van der Waals surface area contributed by atoms with Crippen molar-refractivity contribution in [2.75, 3.05) is 14.2 Å². The van der Waals surface area contributed by atoms with E-state index in [4.69, 9.17) is 14.5 Å². The summed E-state index contributed by atoms with van der Waals surface area (Å²) in [4.78, 5) is 9.68. The Morgan fingerprint density at radius 2 is 1.40 bits per heavy atom. The van der Waals surface area contributed by atoms with Crippen molar-refractivity contribution >= 4 is 5.71 Å². The van der Waals surface area contributed by atoms with Crippen LogP contribution in [0.1, 0.15) is 30.7 Å². The quantitative estimate of drug-likeness (QED) is 0.592. The molecule has 0 fully saturated rings. The molecule has 4 rings (SSSR count). The fraction of sp³-hybridized carbons (Fsp3) is 0.231. The van der Waals surface area contributed by atoms with Crippen LogP contribution >= 0.6 is 0 Å². The minimum Gasteiger partial charge on any atom is -0.497 e. The number of rotatable bonds is 5. The molecule has 4 nitrogen and oxygen atoms in total. The van der Waals surface area contributed by atoms with Gasteiger partial charge in [-0.3, -0.25) is 9.98 Å². The van der Waals surface area contributed by atoms with E-state index in [0.717, 1.165) is 34.0 Å². The van der Waals surface area contributed by atoms with Crippen LogP contribution in [-0.4, -0.2) is 30.5 Å². The Kier molecular flexibility index (Phi) is 5.17. The average Bonchev–Trinajstić information content (AvgIpc) is 2.79. The second-order valence-electron chi connectivity index (χ2n) is 7.88. The summed E-state index contributed by atoms with van der Waals surface area (Å²) in [6.07, 6.45) is 6.12. The SMILES string of the molecule is COc1cccc(C2(c3cccc(OC)c3)C=CC(c3ccccn3)=NC2(C)C)c1. The fourth-order valence-electron chi connectivity index (χ4n) is 4.29. The summed E-state index contributed by atoms with van der Waals surface area (Å²) >= 11 is 0. The van der Waals surface area contributed by atoms with Crippen molar-refractivity contribution in [1.82, 2.24) is 4.98 Å². The van der Waals surface area contributed by atoms with Crippen molar-refractivity contribution in [3.05, 3.63) is 102 Å². The van der Waals surface area contributed by atoms with Gasteiger partial charge in [0, 0.05) is 6.20 Å². The van der Waals surface area contributed by atoms with Gasteiger partial charge in [-0.05, 0) is 67.4 Å². The van der Waals surface area contributed by atoms with Gasteiger partial charge < -0.3 is 9.47 Å². The number of aliphatic imine (C=N–C) groups is 1. The molecule has 0 unspecified atom stereocenters. The Morgan fingerprint density at radius 3 is 1.90 bits per heavy atom. The van der Waals surface area contributed by atoms with Gasteiger partial charge in [-0.15, -0.1) is 0 Å². The van der Waals surface area contributed by atoms with Gasteiger partial charge in [0.1, 0.15) is 11.5 Å². The van der Waals surface area contributed by atoms with Gasteiger partial charge >= 0.3 is 0 Å². The van der Waals surface area contributed by atoms with Crippen LogP contribution in [0, 0.1) is 0 Å². The third-order valence-corrected chi connectivity index (χ3v) is 5.83. The predicted octanol–water partition coefficient (Wildman–Crippen LogP) is 5.22. The van der Waals surface area contributed by atoms with Crippen LogP contribution in [0.15, 0.2) is 90.1 Å². The van der Waals surface area contributed by atoms with Crippen LogP contribution in [0.2, 0.25) is 0 Å². The van der Waals surface area contributed by atoms with E-state index >= 15 is 0 Å². The molecule has 30 heavy (non-hydrogen) atoms. The zero-order chi connectivity index (χ0) is 21.2. The summed E-state index contributed by atoms with van der Waals surface area (Å²) in [5.74, 6) is 1.64. The van der Waals surface area contributed by atoms with Crippen molar-refractivity contribution in [3.8, 4) is 11.5 Å². The zero-order valence-corrected chi connectivity index (χ0v) is 17.8. The Balaban J connectivity index is 1.95. The summed E-state index contributed by atoms with van der Waals surface area (Å²) in [6, 6.07) is 22.3. The van der Waals surface area contributed by atoms with E-state index in [9.17, 15) is 0 Å². The third kappa shape index (κ3) is 3.28. The normalized spacial score (nSPS) is 16.6. The van der Waals surface area contributed by atoms with Gasteiger partial charge in [-0.1, -0.05) is 36.4 Å². The number of ether oxygens (including phenoxy) is 2. The van der Waals surface area contributed by atoms with Crippen LogP contribution in [0.25, 0.3) is 0 Å². The number of allylic oxidation sites excluding steroid dienone is 1. The maximum absolute atomic E-state index is 5.54. The molecule has 2 aromatic carbocycles. The zero-order valence-electron chi connectivity index (χ0n) is 17.8. The van der Waals surface area contributed by atoms with Gasteiger partial charge in [0.15, 0.2) is 0 Å². The molecule has 3 aromatic rings. The van der Waals surface area contributed by atoms with Crippen LogP contribution in [0.4, 0.5) is 0 Å². The van der Waals surface area contributed by atoms with E-state index in [1.165, 1.54) is 0 Å². The number of methoxy groups -OCH3 is 2. The van der Waals surface area contributed by atoms with Crippen LogP contribution in [-0.2, 0) is 5.41 Å². The number of dihydropyridines is 1. The Labute approximate surface area is 177 Å². The maximum Gasteiger partial charge on any atom is 0.119 e. The Bertz CT molecular complexity index is 1050. The molecular weight excluding hydrogens is 372 g/mol. The van der Waals surface area contributed by atoms with Crippen LogP contribution < -0.4 is 9.47 Å². The number of aromatic nitrogens is 1. The minimum atomic E-state index is -0.506. The predicted molar refractivity (Wildman–Crippen MR) is 121 cm³/mol. The van der Waals surface area contributed by atoms with Crippen molar-refractivity contribution in [2.24, 2.45) is 4.99 Å². The van der Waals surface area contributed by atoms with Crippen molar-refractivity contribution < 1.29 is 9.47 Å². The molecule has 0 bridgehead atoms. The molecule has 1 aliphatic heterocycles. The van der Waals surface area contributed by atoms with E-state index in [1.54, 1.807) is 20.4 Å². The lowest BCUT2D eigenvalue weighted by atomic mass is 9.61. The van der Waals surface area contributed by atoms with E-state index in [2.05, 4.69) is 55.2 Å². The Morgan fingerprint density at radius 1 is 0.767 bits per heavy atom. The lowest BCUT2D eigenvalue weighted by molar-refractivity contribution is 0.363. The first-order valence-corrected chi connectivity index (χ1v) is 10.00. The van der Waals surface area contributed by atoms with E-state index in [-0.39, 0.29) is 0 Å². The summed E-state index contributed by atoms with van der Waals surface area (Å²) < 4.78 is 11.1. The molecule has 0 aliphatic carbocycles. The highest BCUT2D eigenvalue weighted by Crippen LogP contribution is 2.48. The van der Waals surface area contributed by atoms with Gasteiger partial charge in [0.05, 0.1) is 36.6 Å². The van der Waals surface area contributed by atoms with E-state index in [1.807, 2.05) is 42.5 Å². The third-order valence-electron chi connectivity index (χ3n) is 5.83. The first-order chi connectivity index (χ1) is 14.5. The molecule has 0 saturated carbocycles. The summed E-state index contributed by atoms with van der Waals surface area (Å²) in [6.45, 7) is 4.33. The van der Waals surface area contributed by atoms with Gasteiger partial charge in [-0.25, -0.2) is 0 Å². The first-order valence-electron chi connectivity index (χ1n) is 10.00. The summed E-state index contributed by atoms with van der Waals surface area (Å²) in [5, 5.41) is 0. The molecule has 4 heteroatoms. The van der Waals surface area contributed by atoms with E-state index < -0.39 is 11.0 Å². The maximum atomic E-state index is 5.54. The van der Waals surface area contributed by atoms with Crippen LogP contribution in [0.5, 0.6) is 11.5 Å². The molecule has 1 aliphatic rings. The number of pyridine rings is 1. The highest BCUT2D eigenvalue weighted by molar-refractivity contribution is 6.08. The topological polar surface area (TPSA) is 43.7 Å². The van der Waals surface area contributed by atoms with Crippen molar-refractivity contribution in [1.29, 1.82) is 0 Å². The minimum absolute atomic E-state index is 0.493. The first kappa shape index (κ1) is 19.9. The smallest absolute Gasteiger partial charge is 0.119 e. The molecule has 0 atom stereocenters. The number of benzene rings is 2. The van der Waals surface area contributed by atoms with Gasteiger partial charge in [-0.2, -0.15) is 0 Å². The average molecular weight is 399 g/mol. The highest BCUT2D eigenvalue weighted by atomic mass is 16.5. The monoisotopic (exact) mass is 398 g/mol. The molecule has 0 amide bonds. The highest BCUT2D eigenvalue weighted by Gasteiger charge is 2.48. The number of nitrogens with zero attached hydrogens (tertiary/aromatic N) is 2. The molecule has 2 heterocycles. The molecule has 0 saturated heterocycles. The molecule has 1 aromatic heterocycles. The Hall–Kier alpha value is -3.40. The van der Waals surface area contributed by atoms with Gasteiger partial charge in [0.25, 0.3) is 0 Å². The molecular formula is C26H26N2O2. The largest absolute Gasteiger partial charge is 0.497 e. The summed E-state index contributed by atoms with van der Waals surface area (Å²) in [7, 11) is 3.38.